The minimum absolute atomic E-state index is 0.756. The molecule has 1 aromatic heterocycles. The summed E-state index contributed by atoms with van der Waals surface area (Å²) >= 11 is 0. The van der Waals surface area contributed by atoms with Crippen LogP contribution in [0.1, 0.15) is 17.5 Å². The van der Waals surface area contributed by atoms with E-state index in [0.29, 0.717) is 0 Å². The maximum Gasteiger partial charge on any atom is 0.264 e. The van der Waals surface area contributed by atoms with Crippen LogP contribution in [-0.4, -0.2) is 16.9 Å². The Hall–Kier alpha value is -2.80. The summed E-state index contributed by atoms with van der Waals surface area (Å²) in [6, 6.07) is 16.0. The van der Waals surface area contributed by atoms with E-state index < -0.39 is 5.66 Å². The van der Waals surface area contributed by atoms with Gasteiger partial charge >= 0.3 is 0 Å². The zero-order valence-electron chi connectivity index (χ0n) is 11.5. The monoisotopic (exact) mass is 274 g/mol. The van der Waals surface area contributed by atoms with Gasteiger partial charge in [-0.25, -0.2) is 9.98 Å². The molecule has 0 radical (unpaired) electrons. The summed E-state index contributed by atoms with van der Waals surface area (Å²) in [5.41, 5.74) is 1.74. The highest BCUT2D eigenvalue weighted by Gasteiger charge is 2.34. The summed E-state index contributed by atoms with van der Waals surface area (Å²) in [5.74, 6) is 0. The van der Waals surface area contributed by atoms with Crippen LogP contribution in [0.25, 0.3) is 0 Å². The largest absolute Gasteiger partial charge is 0.265 e. The Morgan fingerprint density at radius 3 is 2.48 bits per heavy atom. The number of pyridine rings is 1. The zero-order chi connectivity index (χ0) is 14.5. The summed E-state index contributed by atoms with van der Waals surface area (Å²) in [7, 11) is 0. The second kappa shape index (κ2) is 5.68. The van der Waals surface area contributed by atoms with Gasteiger partial charge < -0.3 is 0 Å². The molecule has 0 N–H and O–H groups in total. The van der Waals surface area contributed by atoms with Crippen molar-refractivity contribution in [2.75, 3.05) is 0 Å². The third-order valence-corrected chi connectivity index (χ3v) is 3.46. The molecule has 0 amide bonds. The number of hydrogen-bond donors (Lipinski definition) is 0. The van der Waals surface area contributed by atoms with Crippen LogP contribution in [0.4, 0.5) is 0 Å². The molecule has 1 aliphatic rings. The van der Waals surface area contributed by atoms with Gasteiger partial charge in [0.05, 0.1) is 5.71 Å². The van der Waals surface area contributed by atoms with E-state index in [-0.39, 0.29) is 0 Å². The SMILES string of the molecule is N#CC1(c2ccncc2)N=CC(CCc2ccccc2)=N1. The Morgan fingerprint density at radius 1 is 1.00 bits per heavy atom. The van der Waals surface area contributed by atoms with E-state index in [1.54, 1.807) is 30.7 Å². The number of rotatable bonds is 4. The highest BCUT2D eigenvalue weighted by molar-refractivity contribution is 6.32. The number of aromatic nitrogens is 1. The van der Waals surface area contributed by atoms with Gasteiger partial charge in [-0.3, -0.25) is 4.98 Å². The number of aryl methyl sites for hydroxylation is 1. The molecule has 2 heterocycles. The molecule has 0 spiro atoms. The predicted octanol–water partition coefficient (Wildman–Crippen LogP) is 2.92. The standard InChI is InChI=1S/C17H14N4/c18-13-17(15-8-10-19-11-9-15)20-12-16(21-17)7-6-14-4-2-1-3-5-14/h1-5,8-12H,6-7H2. The van der Waals surface area contributed by atoms with Crippen LogP contribution >= 0.6 is 0 Å². The molecule has 1 aliphatic heterocycles. The van der Waals surface area contributed by atoms with Crippen LogP contribution in [0.15, 0.2) is 64.8 Å². The van der Waals surface area contributed by atoms with Gasteiger partial charge in [0.25, 0.3) is 5.66 Å². The topological polar surface area (TPSA) is 61.4 Å². The molecule has 1 unspecified atom stereocenters. The molecule has 0 saturated carbocycles. The van der Waals surface area contributed by atoms with Crippen LogP contribution in [-0.2, 0) is 12.1 Å². The Balaban J connectivity index is 1.78. The molecule has 1 atom stereocenters. The normalized spacial score (nSPS) is 20.0. The molecule has 2 aromatic rings. The van der Waals surface area contributed by atoms with E-state index in [4.69, 9.17) is 0 Å². The number of nitriles is 1. The van der Waals surface area contributed by atoms with Crippen molar-refractivity contribution in [2.24, 2.45) is 9.98 Å². The van der Waals surface area contributed by atoms with Crippen molar-refractivity contribution in [3.63, 3.8) is 0 Å². The fourth-order valence-corrected chi connectivity index (χ4v) is 2.31. The molecule has 0 bridgehead atoms. The lowest BCUT2D eigenvalue weighted by molar-refractivity contribution is 0.629. The zero-order valence-corrected chi connectivity index (χ0v) is 11.5. The van der Waals surface area contributed by atoms with Crippen LogP contribution in [0.5, 0.6) is 0 Å². The fourth-order valence-electron chi connectivity index (χ4n) is 2.31. The maximum absolute atomic E-state index is 9.48. The lowest BCUT2D eigenvalue weighted by Gasteiger charge is -2.13. The number of nitrogens with zero attached hydrogens (tertiary/aromatic N) is 4. The summed E-state index contributed by atoms with van der Waals surface area (Å²) in [4.78, 5) is 12.8. The number of benzene rings is 1. The third kappa shape index (κ3) is 2.72. The second-order valence-corrected chi connectivity index (χ2v) is 4.87. The van der Waals surface area contributed by atoms with E-state index in [0.717, 1.165) is 24.1 Å². The van der Waals surface area contributed by atoms with Crippen molar-refractivity contribution < 1.29 is 0 Å². The van der Waals surface area contributed by atoms with E-state index in [1.807, 2.05) is 18.2 Å². The summed E-state index contributed by atoms with van der Waals surface area (Å²) in [6.45, 7) is 0. The number of aliphatic imine (C=N–C) groups is 2. The maximum atomic E-state index is 9.48. The fraction of sp³-hybridized carbons (Fsp3) is 0.176. The van der Waals surface area contributed by atoms with Crippen LogP contribution in [0.3, 0.4) is 0 Å². The lowest BCUT2D eigenvalue weighted by atomic mass is 10.0. The molecule has 0 fully saturated rings. The van der Waals surface area contributed by atoms with Gasteiger partial charge in [0.1, 0.15) is 6.07 Å². The highest BCUT2D eigenvalue weighted by Crippen LogP contribution is 2.29. The van der Waals surface area contributed by atoms with Crippen molar-refractivity contribution in [1.82, 2.24) is 4.98 Å². The van der Waals surface area contributed by atoms with Crippen molar-refractivity contribution in [1.29, 1.82) is 5.26 Å². The average molecular weight is 274 g/mol. The van der Waals surface area contributed by atoms with Gasteiger partial charge in [0.15, 0.2) is 0 Å². The van der Waals surface area contributed by atoms with Crippen molar-refractivity contribution in [2.45, 2.75) is 18.5 Å². The summed E-state index contributed by atoms with van der Waals surface area (Å²) < 4.78 is 0. The van der Waals surface area contributed by atoms with Gasteiger partial charge in [0, 0.05) is 24.2 Å². The summed E-state index contributed by atoms with van der Waals surface area (Å²) in [5, 5.41) is 9.48. The Kier molecular flexibility index (Phi) is 3.57. The molecule has 4 nitrogen and oxygen atoms in total. The van der Waals surface area contributed by atoms with Gasteiger partial charge in [-0.2, -0.15) is 5.26 Å². The van der Waals surface area contributed by atoms with Gasteiger partial charge in [-0.15, -0.1) is 0 Å². The first-order valence-electron chi connectivity index (χ1n) is 6.82. The van der Waals surface area contributed by atoms with E-state index in [2.05, 4.69) is 33.2 Å². The Morgan fingerprint density at radius 2 is 1.76 bits per heavy atom. The van der Waals surface area contributed by atoms with Crippen LogP contribution in [0.2, 0.25) is 0 Å². The molecule has 3 rings (SSSR count). The van der Waals surface area contributed by atoms with Crippen LogP contribution in [0, 0.1) is 11.3 Å². The van der Waals surface area contributed by atoms with Gasteiger partial charge in [-0.05, 0) is 30.5 Å². The first-order valence-corrected chi connectivity index (χ1v) is 6.82. The van der Waals surface area contributed by atoms with Crippen molar-refractivity contribution in [3.8, 4) is 6.07 Å². The second-order valence-electron chi connectivity index (χ2n) is 4.87. The molecule has 21 heavy (non-hydrogen) atoms. The molecule has 1 aromatic carbocycles. The third-order valence-electron chi connectivity index (χ3n) is 3.46. The molecule has 0 saturated heterocycles. The van der Waals surface area contributed by atoms with E-state index >= 15 is 0 Å². The van der Waals surface area contributed by atoms with Crippen molar-refractivity contribution in [3.05, 3.63) is 66.0 Å². The molecular weight excluding hydrogens is 260 g/mol. The van der Waals surface area contributed by atoms with Crippen molar-refractivity contribution >= 4 is 11.9 Å². The Bertz CT molecular complexity index is 713. The first-order chi connectivity index (χ1) is 10.3. The minimum atomic E-state index is -1.13. The average Bonchev–Trinajstić information content (AvgIpc) is 3.00. The van der Waals surface area contributed by atoms with Gasteiger partial charge in [0.2, 0.25) is 0 Å². The van der Waals surface area contributed by atoms with E-state index in [9.17, 15) is 5.26 Å². The lowest BCUT2D eigenvalue weighted by Crippen LogP contribution is -2.16. The quantitative estimate of drug-likeness (QED) is 0.860. The van der Waals surface area contributed by atoms with Gasteiger partial charge in [-0.1, -0.05) is 30.3 Å². The number of hydrogen-bond acceptors (Lipinski definition) is 4. The molecule has 4 heteroatoms. The molecule has 102 valence electrons. The summed E-state index contributed by atoms with van der Waals surface area (Å²) in [6.07, 6.45) is 6.70. The van der Waals surface area contributed by atoms with Crippen LogP contribution < -0.4 is 0 Å². The molecule has 0 aliphatic carbocycles. The highest BCUT2D eigenvalue weighted by atomic mass is 15.1. The smallest absolute Gasteiger partial charge is 0.264 e. The van der Waals surface area contributed by atoms with E-state index in [1.165, 1.54) is 5.56 Å². The first kappa shape index (κ1) is 13.2. The Labute approximate surface area is 123 Å². The minimum Gasteiger partial charge on any atom is -0.265 e. The molecular formula is C17H14N4. The predicted molar refractivity (Wildman–Crippen MR) is 82.2 cm³/mol.